The smallest absolute Gasteiger partial charge is 0.404 e. The molecule has 0 fully saturated rings. The van der Waals surface area contributed by atoms with Crippen molar-refractivity contribution in [1.29, 1.82) is 0 Å². The van der Waals surface area contributed by atoms with Crippen LogP contribution in [0.5, 0.6) is 0 Å². The summed E-state index contributed by atoms with van der Waals surface area (Å²) in [6.07, 6.45) is 0.0199. The first kappa shape index (κ1) is 21.0. The third-order valence-corrected chi connectivity index (χ3v) is 3.77. The van der Waals surface area contributed by atoms with Gasteiger partial charge in [0.15, 0.2) is 0 Å². The lowest BCUT2D eigenvalue weighted by Gasteiger charge is -2.07. The number of sulfonamides is 1. The van der Waals surface area contributed by atoms with Crippen molar-refractivity contribution in [2.75, 3.05) is 13.2 Å². The highest BCUT2D eigenvalue weighted by Crippen LogP contribution is 2.13. The van der Waals surface area contributed by atoms with Gasteiger partial charge < -0.3 is 15.8 Å². The average molecular weight is 366 g/mol. The number of amides is 3. The fraction of sp³-hybridized carbons (Fsp3) is 0.385. The van der Waals surface area contributed by atoms with Crippen LogP contribution < -0.4 is 15.8 Å². The first-order valence-corrected chi connectivity index (χ1v) is 8.57. The summed E-state index contributed by atoms with van der Waals surface area (Å²) in [5.41, 5.74) is 4.54. The van der Waals surface area contributed by atoms with Crippen LogP contribution in [0, 0.1) is 0 Å². The Bertz CT molecular complexity index is 605. The molecule has 1 aromatic carbocycles. The van der Waals surface area contributed by atoms with Gasteiger partial charge in [0.1, 0.15) is 0 Å². The van der Waals surface area contributed by atoms with Gasteiger partial charge in [0.05, 0.1) is 11.5 Å². The SMILES string of the molecule is CCCNC(=O)NS(=O)(=O)c1ccc(Cl)cc1.CCOC(N)=O. The highest BCUT2D eigenvalue weighted by atomic mass is 35.5. The molecule has 0 radical (unpaired) electrons. The normalized spacial score (nSPS) is 10.0. The first-order valence-electron chi connectivity index (χ1n) is 6.71. The molecule has 0 spiro atoms. The number of urea groups is 1. The van der Waals surface area contributed by atoms with Gasteiger partial charge in [0, 0.05) is 11.6 Å². The van der Waals surface area contributed by atoms with Crippen LogP contribution >= 0.6 is 11.6 Å². The number of halogens is 1. The number of ether oxygens (including phenoxy) is 1. The predicted molar refractivity (Wildman–Crippen MR) is 86.7 cm³/mol. The van der Waals surface area contributed by atoms with Crippen molar-refractivity contribution in [3.05, 3.63) is 29.3 Å². The molecule has 8 nitrogen and oxygen atoms in total. The fourth-order valence-electron chi connectivity index (χ4n) is 1.21. The lowest BCUT2D eigenvalue weighted by atomic mass is 10.4. The lowest BCUT2D eigenvalue weighted by molar-refractivity contribution is 0.163. The Balaban J connectivity index is 0.000000688. The largest absolute Gasteiger partial charge is 0.450 e. The van der Waals surface area contributed by atoms with Crippen LogP contribution in [0.15, 0.2) is 29.2 Å². The van der Waals surface area contributed by atoms with Gasteiger partial charge in [-0.15, -0.1) is 0 Å². The summed E-state index contributed by atoms with van der Waals surface area (Å²) in [6, 6.07) is 4.82. The van der Waals surface area contributed by atoms with Crippen LogP contribution in [0.1, 0.15) is 20.3 Å². The molecule has 23 heavy (non-hydrogen) atoms. The number of carbonyl (C=O) groups excluding carboxylic acids is 2. The molecule has 4 N–H and O–H groups in total. The Labute approximate surface area is 140 Å². The molecule has 1 aromatic rings. The number of nitrogens with one attached hydrogen (secondary N) is 2. The third-order valence-electron chi connectivity index (χ3n) is 2.17. The summed E-state index contributed by atoms with van der Waals surface area (Å²) in [7, 11) is -3.83. The van der Waals surface area contributed by atoms with Crippen molar-refractivity contribution >= 4 is 33.7 Å². The van der Waals surface area contributed by atoms with Crippen LogP contribution in [0.25, 0.3) is 0 Å². The van der Waals surface area contributed by atoms with Gasteiger partial charge >= 0.3 is 12.1 Å². The van der Waals surface area contributed by atoms with Crippen molar-refractivity contribution in [2.45, 2.75) is 25.2 Å². The average Bonchev–Trinajstić information content (AvgIpc) is 2.45. The molecular weight excluding hydrogens is 346 g/mol. The van der Waals surface area contributed by atoms with E-state index in [0.29, 0.717) is 18.2 Å². The molecule has 0 aliphatic rings. The van der Waals surface area contributed by atoms with E-state index in [1.807, 2.05) is 11.6 Å². The standard InChI is InChI=1S/C10H13ClN2O3S.C3H7NO2/c1-2-7-12-10(14)13-17(15,16)9-5-3-8(11)4-6-9;1-2-6-3(4)5/h3-6H,2,7H2,1H3,(H2,12,13,14);2H2,1H3,(H2,4,5). The summed E-state index contributed by atoms with van der Waals surface area (Å²) in [6.45, 7) is 4.34. The van der Waals surface area contributed by atoms with Crippen molar-refractivity contribution in [1.82, 2.24) is 10.0 Å². The van der Waals surface area contributed by atoms with Gasteiger partial charge in [0.25, 0.3) is 10.0 Å². The molecule has 0 saturated carbocycles. The zero-order valence-corrected chi connectivity index (χ0v) is 14.4. The maximum atomic E-state index is 11.7. The molecule has 1 rings (SSSR count). The van der Waals surface area contributed by atoms with E-state index >= 15 is 0 Å². The maximum absolute atomic E-state index is 11.7. The second-order valence-corrected chi connectivity index (χ2v) is 6.19. The van der Waals surface area contributed by atoms with E-state index in [0.717, 1.165) is 6.42 Å². The molecular formula is C13H20ClN3O5S. The maximum Gasteiger partial charge on any atom is 0.404 e. The van der Waals surface area contributed by atoms with E-state index in [9.17, 15) is 18.0 Å². The van der Waals surface area contributed by atoms with Crippen LogP contribution in [-0.2, 0) is 14.8 Å². The predicted octanol–water partition coefficient (Wildman–Crippen LogP) is 1.84. The Morgan fingerprint density at radius 2 is 1.78 bits per heavy atom. The minimum atomic E-state index is -3.83. The molecule has 0 aliphatic carbocycles. The number of rotatable bonds is 5. The number of benzene rings is 1. The zero-order valence-electron chi connectivity index (χ0n) is 12.8. The Hall–Kier alpha value is -2.00. The molecule has 0 atom stereocenters. The van der Waals surface area contributed by atoms with Crippen LogP contribution in [0.4, 0.5) is 9.59 Å². The lowest BCUT2D eigenvalue weighted by Crippen LogP contribution is -2.39. The summed E-state index contributed by atoms with van der Waals surface area (Å²) >= 11 is 5.64. The minimum absolute atomic E-state index is 0.00597. The first-order chi connectivity index (χ1) is 10.7. The van der Waals surface area contributed by atoms with E-state index < -0.39 is 22.1 Å². The highest BCUT2D eigenvalue weighted by molar-refractivity contribution is 7.90. The molecule has 0 unspecified atom stereocenters. The number of hydrogen-bond acceptors (Lipinski definition) is 5. The molecule has 0 aliphatic heterocycles. The zero-order chi connectivity index (χ0) is 17.9. The van der Waals surface area contributed by atoms with E-state index in [4.69, 9.17) is 11.6 Å². The second-order valence-electron chi connectivity index (χ2n) is 4.07. The molecule has 130 valence electrons. The van der Waals surface area contributed by atoms with Gasteiger partial charge in [-0.25, -0.2) is 22.7 Å². The second kappa shape index (κ2) is 10.7. The number of nitrogens with two attached hydrogens (primary N) is 1. The van der Waals surface area contributed by atoms with Gasteiger partial charge in [-0.3, -0.25) is 0 Å². The van der Waals surface area contributed by atoms with Crippen molar-refractivity contribution in [2.24, 2.45) is 5.73 Å². The number of carbonyl (C=O) groups is 2. The van der Waals surface area contributed by atoms with Crippen molar-refractivity contribution < 1.29 is 22.7 Å². The van der Waals surface area contributed by atoms with Gasteiger partial charge in [-0.05, 0) is 37.6 Å². The quantitative estimate of drug-likeness (QED) is 0.733. The Morgan fingerprint density at radius 1 is 1.22 bits per heavy atom. The monoisotopic (exact) mass is 365 g/mol. The van der Waals surface area contributed by atoms with E-state index in [-0.39, 0.29) is 4.90 Å². The van der Waals surface area contributed by atoms with Gasteiger partial charge in [0.2, 0.25) is 0 Å². The molecule has 10 heteroatoms. The molecule has 0 bridgehead atoms. The van der Waals surface area contributed by atoms with E-state index in [1.54, 1.807) is 6.92 Å². The van der Waals surface area contributed by atoms with Crippen LogP contribution in [0.3, 0.4) is 0 Å². The number of primary amides is 1. The van der Waals surface area contributed by atoms with Crippen LogP contribution in [-0.4, -0.2) is 33.7 Å². The van der Waals surface area contributed by atoms with Crippen molar-refractivity contribution in [3.63, 3.8) is 0 Å². The van der Waals surface area contributed by atoms with Crippen molar-refractivity contribution in [3.8, 4) is 0 Å². The molecule has 0 aromatic heterocycles. The van der Waals surface area contributed by atoms with E-state index in [2.05, 4.69) is 15.8 Å². The van der Waals surface area contributed by atoms with Gasteiger partial charge in [-0.1, -0.05) is 18.5 Å². The topological polar surface area (TPSA) is 128 Å². The molecule has 0 saturated heterocycles. The third kappa shape index (κ3) is 9.59. The number of hydrogen-bond donors (Lipinski definition) is 3. The van der Waals surface area contributed by atoms with Crippen LogP contribution in [0.2, 0.25) is 5.02 Å². The van der Waals surface area contributed by atoms with Gasteiger partial charge in [-0.2, -0.15) is 0 Å². The minimum Gasteiger partial charge on any atom is -0.450 e. The molecule has 3 amide bonds. The summed E-state index contributed by atoms with van der Waals surface area (Å²) in [4.78, 5) is 20.8. The Morgan fingerprint density at radius 3 is 2.17 bits per heavy atom. The van der Waals surface area contributed by atoms with E-state index in [1.165, 1.54) is 24.3 Å². The molecule has 0 heterocycles. The highest BCUT2D eigenvalue weighted by Gasteiger charge is 2.16. The fourth-order valence-corrected chi connectivity index (χ4v) is 2.27. The summed E-state index contributed by atoms with van der Waals surface area (Å²) in [5, 5.41) is 2.84. The summed E-state index contributed by atoms with van der Waals surface area (Å²) < 4.78 is 29.5. The Kier molecular flexibility index (Phi) is 9.75. The summed E-state index contributed by atoms with van der Waals surface area (Å²) in [5.74, 6) is 0.